The second kappa shape index (κ2) is 8.03. The standard InChI is InChI=1S/C26H24ClN7O/c1-14-30-18-5-4-17(10-21(18)31-14)35-23-7-6-20-25(24(23)27)32-22(13-29-20)19-8-9-34(33-19)26-15-2-3-16(26)12-28-11-15/h4-10,13,15-16,26,28H,2-3,11-12H2,1H3,(H,30,31). The van der Waals surface area contributed by atoms with Crippen LogP contribution in [0.25, 0.3) is 33.5 Å². The Morgan fingerprint density at radius 1 is 1.00 bits per heavy atom. The fourth-order valence-corrected chi connectivity index (χ4v) is 5.90. The van der Waals surface area contributed by atoms with Crippen LogP contribution in [0.5, 0.6) is 11.5 Å². The Hall–Kier alpha value is -3.49. The number of hydrogen-bond acceptors (Lipinski definition) is 6. The van der Waals surface area contributed by atoms with Crippen LogP contribution >= 0.6 is 11.6 Å². The van der Waals surface area contributed by atoms with Gasteiger partial charge in [0.05, 0.1) is 28.8 Å². The monoisotopic (exact) mass is 485 g/mol. The smallest absolute Gasteiger partial charge is 0.148 e. The van der Waals surface area contributed by atoms with E-state index in [-0.39, 0.29) is 0 Å². The van der Waals surface area contributed by atoms with Gasteiger partial charge < -0.3 is 15.0 Å². The first-order valence-electron chi connectivity index (χ1n) is 12.0. The molecule has 5 aromatic rings. The second-order valence-corrected chi connectivity index (χ2v) is 9.91. The molecule has 1 saturated heterocycles. The van der Waals surface area contributed by atoms with Crippen molar-refractivity contribution in [1.82, 2.24) is 35.0 Å². The molecule has 2 atom stereocenters. The Labute approximate surface area is 206 Å². The minimum atomic E-state index is 0.425. The highest BCUT2D eigenvalue weighted by Gasteiger charge is 2.40. The number of H-pyrrole nitrogens is 1. The van der Waals surface area contributed by atoms with Gasteiger partial charge in [-0.15, -0.1) is 0 Å². The van der Waals surface area contributed by atoms with Crippen molar-refractivity contribution in [3.05, 3.63) is 59.6 Å². The summed E-state index contributed by atoms with van der Waals surface area (Å²) in [5.74, 6) is 3.34. The van der Waals surface area contributed by atoms with Crippen LogP contribution in [0, 0.1) is 18.8 Å². The number of aryl methyl sites for hydroxylation is 1. The highest BCUT2D eigenvalue weighted by molar-refractivity contribution is 6.36. The Kier molecular flexibility index (Phi) is 4.78. The van der Waals surface area contributed by atoms with E-state index < -0.39 is 0 Å². The summed E-state index contributed by atoms with van der Waals surface area (Å²) in [5.41, 5.74) is 4.62. The molecule has 9 heteroatoms. The summed E-state index contributed by atoms with van der Waals surface area (Å²) in [6.07, 6.45) is 6.37. The van der Waals surface area contributed by atoms with Crippen molar-refractivity contribution in [1.29, 1.82) is 0 Å². The van der Waals surface area contributed by atoms with E-state index in [2.05, 4.69) is 31.1 Å². The predicted molar refractivity (Wildman–Crippen MR) is 135 cm³/mol. The molecule has 7 rings (SSSR count). The van der Waals surface area contributed by atoms with Crippen LogP contribution in [0.2, 0.25) is 5.02 Å². The Balaban J connectivity index is 1.21. The van der Waals surface area contributed by atoms with E-state index in [1.807, 2.05) is 43.3 Å². The van der Waals surface area contributed by atoms with E-state index in [9.17, 15) is 0 Å². The number of hydrogen-bond donors (Lipinski definition) is 2. The van der Waals surface area contributed by atoms with Crippen molar-refractivity contribution in [2.45, 2.75) is 25.8 Å². The summed E-state index contributed by atoms with van der Waals surface area (Å²) in [6, 6.07) is 11.9. The van der Waals surface area contributed by atoms with Crippen molar-refractivity contribution in [3.63, 3.8) is 0 Å². The maximum Gasteiger partial charge on any atom is 0.148 e. The number of halogens is 1. The van der Waals surface area contributed by atoms with Gasteiger partial charge in [0.15, 0.2) is 0 Å². The number of fused-ring (bicyclic) bond motifs is 4. The quantitative estimate of drug-likeness (QED) is 0.359. The highest BCUT2D eigenvalue weighted by Crippen LogP contribution is 2.42. The average molecular weight is 486 g/mol. The van der Waals surface area contributed by atoms with Gasteiger partial charge in [-0.3, -0.25) is 9.67 Å². The van der Waals surface area contributed by atoms with Gasteiger partial charge in [0, 0.05) is 25.4 Å². The van der Waals surface area contributed by atoms with Crippen molar-refractivity contribution in [3.8, 4) is 22.9 Å². The lowest BCUT2D eigenvalue weighted by molar-refractivity contribution is 0.231. The number of ether oxygens (including phenoxy) is 1. The number of aromatic amines is 1. The summed E-state index contributed by atoms with van der Waals surface area (Å²) in [5, 5.41) is 8.88. The maximum atomic E-state index is 6.77. The third kappa shape index (κ3) is 3.56. The molecule has 0 amide bonds. The van der Waals surface area contributed by atoms with Gasteiger partial charge in [0.2, 0.25) is 0 Å². The van der Waals surface area contributed by atoms with Gasteiger partial charge in [0.25, 0.3) is 0 Å². The Morgan fingerprint density at radius 3 is 2.69 bits per heavy atom. The van der Waals surface area contributed by atoms with Crippen LogP contribution in [0.15, 0.2) is 48.8 Å². The molecule has 0 spiro atoms. The van der Waals surface area contributed by atoms with E-state index in [1.165, 1.54) is 12.8 Å². The number of piperidine rings is 1. The van der Waals surface area contributed by atoms with E-state index in [4.69, 9.17) is 26.4 Å². The summed E-state index contributed by atoms with van der Waals surface area (Å²) >= 11 is 6.77. The van der Waals surface area contributed by atoms with Crippen LogP contribution in [-0.2, 0) is 0 Å². The number of rotatable bonds is 4. The maximum absolute atomic E-state index is 6.77. The molecular formula is C26H24ClN7O. The van der Waals surface area contributed by atoms with Gasteiger partial charge in [-0.1, -0.05) is 11.6 Å². The second-order valence-electron chi connectivity index (χ2n) is 9.53. The van der Waals surface area contributed by atoms with Crippen molar-refractivity contribution in [2.24, 2.45) is 11.8 Å². The molecule has 1 aliphatic heterocycles. The van der Waals surface area contributed by atoms with Crippen LogP contribution in [0.3, 0.4) is 0 Å². The first kappa shape index (κ1) is 20.8. The van der Waals surface area contributed by atoms with Gasteiger partial charge in [-0.05, 0) is 61.9 Å². The number of nitrogens with zero attached hydrogens (tertiary/aromatic N) is 5. The molecule has 35 heavy (non-hydrogen) atoms. The van der Waals surface area contributed by atoms with Crippen LogP contribution in [-0.4, -0.2) is 42.8 Å². The molecule has 2 aliphatic rings. The fraction of sp³-hybridized carbons (Fsp3) is 0.308. The van der Waals surface area contributed by atoms with Crippen molar-refractivity contribution < 1.29 is 4.74 Å². The molecule has 2 aromatic carbocycles. The highest BCUT2D eigenvalue weighted by atomic mass is 35.5. The number of nitrogens with one attached hydrogen (secondary N) is 2. The molecule has 176 valence electrons. The largest absolute Gasteiger partial charge is 0.456 e. The third-order valence-electron chi connectivity index (χ3n) is 7.28. The molecule has 3 aromatic heterocycles. The molecule has 2 fully saturated rings. The lowest BCUT2D eigenvalue weighted by Crippen LogP contribution is -2.39. The molecule has 2 N–H and O–H groups in total. The topological polar surface area (TPSA) is 93.5 Å². The Bertz CT molecular complexity index is 1560. The summed E-state index contributed by atoms with van der Waals surface area (Å²) in [4.78, 5) is 17.1. The zero-order valence-electron chi connectivity index (χ0n) is 19.2. The molecule has 2 unspecified atom stereocenters. The van der Waals surface area contributed by atoms with Crippen LogP contribution < -0.4 is 10.1 Å². The first-order chi connectivity index (χ1) is 17.1. The molecule has 1 saturated carbocycles. The van der Waals surface area contributed by atoms with Crippen LogP contribution in [0.4, 0.5) is 0 Å². The third-order valence-corrected chi connectivity index (χ3v) is 7.65. The molecule has 1 aliphatic carbocycles. The minimum Gasteiger partial charge on any atom is -0.456 e. The molecule has 8 nitrogen and oxygen atoms in total. The van der Waals surface area contributed by atoms with Crippen molar-refractivity contribution >= 4 is 33.7 Å². The van der Waals surface area contributed by atoms with E-state index in [1.54, 1.807) is 6.20 Å². The van der Waals surface area contributed by atoms with E-state index >= 15 is 0 Å². The van der Waals surface area contributed by atoms with Gasteiger partial charge in [-0.25, -0.2) is 9.97 Å². The summed E-state index contributed by atoms with van der Waals surface area (Å²) in [7, 11) is 0. The van der Waals surface area contributed by atoms with Gasteiger partial charge in [0.1, 0.15) is 39.3 Å². The molecule has 4 heterocycles. The SMILES string of the molecule is Cc1nc2ccc(Oc3ccc4ncc(-c5ccn(C6C7CCC6CNC7)n5)nc4c3Cl)cc2[nH]1. The average Bonchev–Trinajstić information content (AvgIpc) is 3.55. The molecular weight excluding hydrogens is 462 g/mol. The molecule has 2 bridgehead atoms. The number of aromatic nitrogens is 6. The van der Waals surface area contributed by atoms with Crippen LogP contribution in [0.1, 0.15) is 24.7 Å². The number of benzene rings is 2. The zero-order valence-corrected chi connectivity index (χ0v) is 20.0. The fourth-order valence-electron chi connectivity index (χ4n) is 5.66. The summed E-state index contributed by atoms with van der Waals surface area (Å²) in [6.45, 7) is 4.06. The Morgan fingerprint density at radius 2 is 1.83 bits per heavy atom. The lowest BCUT2D eigenvalue weighted by Gasteiger charge is -2.30. The normalized spacial score (nSPS) is 21.7. The first-order valence-corrected chi connectivity index (χ1v) is 12.4. The van der Waals surface area contributed by atoms with E-state index in [0.29, 0.717) is 51.1 Å². The van der Waals surface area contributed by atoms with Gasteiger partial charge in [-0.2, -0.15) is 5.10 Å². The van der Waals surface area contributed by atoms with Gasteiger partial charge >= 0.3 is 0 Å². The lowest BCUT2D eigenvalue weighted by atomic mass is 9.94. The van der Waals surface area contributed by atoms with E-state index in [0.717, 1.165) is 35.6 Å². The minimum absolute atomic E-state index is 0.425. The predicted octanol–water partition coefficient (Wildman–Crippen LogP) is 5.29. The summed E-state index contributed by atoms with van der Waals surface area (Å²) < 4.78 is 8.26. The molecule has 0 radical (unpaired) electrons. The zero-order chi connectivity index (χ0) is 23.5. The van der Waals surface area contributed by atoms with Crippen molar-refractivity contribution in [2.75, 3.05) is 13.1 Å². The number of imidazole rings is 1.